The van der Waals surface area contributed by atoms with E-state index in [2.05, 4.69) is 5.32 Å². The lowest BCUT2D eigenvalue weighted by atomic mass is 9.86. The van der Waals surface area contributed by atoms with Crippen LogP contribution in [0.5, 0.6) is 0 Å². The van der Waals surface area contributed by atoms with E-state index in [-0.39, 0.29) is 5.92 Å². The molecule has 1 aliphatic rings. The molecule has 1 rings (SSSR count). The first-order chi connectivity index (χ1) is 5.53. The van der Waals surface area contributed by atoms with Crippen LogP contribution in [0.1, 0.15) is 6.42 Å². The van der Waals surface area contributed by atoms with Crippen LogP contribution in [0.3, 0.4) is 0 Å². The van der Waals surface area contributed by atoms with E-state index in [1.165, 1.54) is 0 Å². The first-order valence-corrected chi connectivity index (χ1v) is 3.70. The van der Waals surface area contributed by atoms with Crippen molar-refractivity contribution < 1.29 is 13.2 Å². The fourth-order valence-corrected chi connectivity index (χ4v) is 1.16. The van der Waals surface area contributed by atoms with Gasteiger partial charge in [-0.2, -0.15) is 18.4 Å². The number of hydrogen-bond acceptors (Lipinski definition) is 2. The summed E-state index contributed by atoms with van der Waals surface area (Å²) in [6.45, 7) is 1.07. The lowest BCUT2D eigenvalue weighted by molar-refractivity contribution is -0.145. The van der Waals surface area contributed by atoms with Crippen molar-refractivity contribution in [3.8, 4) is 6.07 Å². The molecule has 1 aliphatic heterocycles. The van der Waals surface area contributed by atoms with Gasteiger partial charge >= 0.3 is 6.18 Å². The van der Waals surface area contributed by atoms with Crippen LogP contribution in [0.2, 0.25) is 0 Å². The molecule has 0 aliphatic carbocycles. The van der Waals surface area contributed by atoms with Crippen LogP contribution in [-0.4, -0.2) is 19.3 Å². The van der Waals surface area contributed by atoms with Crippen molar-refractivity contribution in [1.82, 2.24) is 5.32 Å². The maximum absolute atomic E-state index is 11.8. The molecule has 1 atom stereocenters. The lowest BCUT2D eigenvalue weighted by Crippen LogP contribution is -2.46. The van der Waals surface area contributed by atoms with Crippen LogP contribution in [0, 0.1) is 23.2 Å². The second-order valence-electron chi connectivity index (χ2n) is 2.97. The minimum absolute atomic E-state index is 0.114. The van der Waals surface area contributed by atoms with Gasteiger partial charge in [0.15, 0.2) is 0 Å². The van der Waals surface area contributed by atoms with Gasteiger partial charge in [-0.3, -0.25) is 0 Å². The molecule has 0 bridgehead atoms. The van der Waals surface area contributed by atoms with E-state index in [4.69, 9.17) is 5.26 Å². The average Bonchev–Trinajstić information content (AvgIpc) is 1.79. The first-order valence-electron chi connectivity index (χ1n) is 3.70. The smallest absolute Gasteiger partial charge is 0.316 e. The van der Waals surface area contributed by atoms with Crippen molar-refractivity contribution in [2.75, 3.05) is 13.1 Å². The van der Waals surface area contributed by atoms with Crippen molar-refractivity contribution in [2.45, 2.75) is 12.6 Å². The molecule has 1 heterocycles. The Morgan fingerprint density at radius 2 is 2.08 bits per heavy atom. The molecule has 1 fully saturated rings. The molecule has 1 saturated heterocycles. The molecule has 12 heavy (non-hydrogen) atoms. The third-order valence-electron chi connectivity index (χ3n) is 2.00. The van der Waals surface area contributed by atoms with Crippen LogP contribution in [0.4, 0.5) is 13.2 Å². The number of rotatable bonds is 2. The average molecular weight is 178 g/mol. The first kappa shape index (κ1) is 9.33. The summed E-state index contributed by atoms with van der Waals surface area (Å²) in [5, 5.41) is 11.3. The van der Waals surface area contributed by atoms with E-state index in [1.807, 2.05) is 0 Å². The quantitative estimate of drug-likeness (QED) is 0.691. The topological polar surface area (TPSA) is 35.8 Å². The van der Waals surface area contributed by atoms with Gasteiger partial charge in [-0.25, -0.2) is 0 Å². The van der Waals surface area contributed by atoms with Crippen molar-refractivity contribution in [1.29, 1.82) is 5.26 Å². The largest absolute Gasteiger partial charge is 0.390 e. The summed E-state index contributed by atoms with van der Waals surface area (Å²) in [5.41, 5.74) is 0. The molecule has 0 aromatic heterocycles. The molecule has 5 heteroatoms. The van der Waals surface area contributed by atoms with Crippen molar-refractivity contribution in [2.24, 2.45) is 11.8 Å². The third kappa shape index (κ3) is 2.38. The zero-order chi connectivity index (χ0) is 9.19. The monoisotopic (exact) mass is 178 g/mol. The highest BCUT2D eigenvalue weighted by Crippen LogP contribution is 2.30. The molecular formula is C7H9F3N2. The van der Waals surface area contributed by atoms with Gasteiger partial charge in [0, 0.05) is 13.1 Å². The van der Waals surface area contributed by atoms with Crippen molar-refractivity contribution >= 4 is 0 Å². The molecule has 0 saturated carbocycles. The summed E-state index contributed by atoms with van der Waals surface area (Å²) < 4.78 is 35.5. The van der Waals surface area contributed by atoms with Gasteiger partial charge in [-0.05, 0) is 5.92 Å². The van der Waals surface area contributed by atoms with E-state index in [0.29, 0.717) is 13.1 Å². The number of alkyl halides is 3. The predicted molar refractivity (Wildman–Crippen MR) is 36.1 cm³/mol. The summed E-state index contributed by atoms with van der Waals surface area (Å²) in [7, 11) is 0. The van der Waals surface area contributed by atoms with Gasteiger partial charge in [0.1, 0.15) is 0 Å². The molecule has 1 N–H and O–H groups in total. The second-order valence-corrected chi connectivity index (χ2v) is 2.97. The summed E-state index contributed by atoms with van der Waals surface area (Å²) in [5.74, 6) is -0.983. The second kappa shape index (κ2) is 3.31. The Kier molecular flexibility index (Phi) is 2.58. The fourth-order valence-electron chi connectivity index (χ4n) is 1.16. The molecule has 0 spiro atoms. The Morgan fingerprint density at radius 3 is 2.33 bits per heavy atom. The van der Waals surface area contributed by atoms with Crippen LogP contribution in [0.25, 0.3) is 0 Å². The highest BCUT2D eigenvalue weighted by Gasteiger charge is 2.37. The predicted octanol–water partition coefficient (Wildman–Crippen LogP) is 1.30. The van der Waals surface area contributed by atoms with Crippen LogP contribution in [-0.2, 0) is 0 Å². The summed E-state index contributed by atoms with van der Waals surface area (Å²) in [6, 6.07) is 1.70. The normalized spacial score (nSPS) is 21.2. The molecule has 0 aromatic rings. The van der Waals surface area contributed by atoms with E-state index < -0.39 is 18.5 Å². The van der Waals surface area contributed by atoms with E-state index in [0.717, 1.165) is 0 Å². The van der Waals surface area contributed by atoms with Gasteiger partial charge in [0.05, 0.1) is 18.4 Å². The Bertz CT molecular complexity index is 190. The number of nitriles is 1. The third-order valence-corrected chi connectivity index (χ3v) is 2.00. The maximum atomic E-state index is 11.8. The van der Waals surface area contributed by atoms with Crippen molar-refractivity contribution in [3.05, 3.63) is 0 Å². The lowest BCUT2D eigenvalue weighted by Gasteiger charge is -2.31. The summed E-state index contributed by atoms with van der Waals surface area (Å²) >= 11 is 0. The van der Waals surface area contributed by atoms with Gasteiger partial charge in [0.2, 0.25) is 0 Å². The van der Waals surface area contributed by atoms with E-state index >= 15 is 0 Å². The minimum atomic E-state index is -4.21. The van der Waals surface area contributed by atoms with Crippen LogP contribution < -0.4 is 5.32 Å². The number of hydrogen-bond donors (Lipinski definition) is 1. The summed E-state index contributed by atoms with van der Waals surface area (Å²) in [4.78, 5) is 0. The molecule has 1 unspecified atom stereocenters. The number of nitrogens with zero attached hydrogens (tertiary/aromatic N) is 1. The van der Waals surface area contributed by atoms with Crippen LogP contribution in [0.15, 0.2) is 0 Å². The zero-order valence-electron chi connectivity index (χ0n) is 6.36. The number of halogens is 3. The molecule has 2 nitrogen and oxygen atoms in total. The number of nitrogens with one attached hydrogen (secondary N) is 1. The molecular weight excluding hydrogens is 169 g/mol. The van der Waals surface area contributed by atoms with Crippen LogP contribution >= 0.6 is 0 Å². The Morgan fingerprint density at radius 1 is 1.50 bits per heavy atom. The Hall–Kier alpha value is -0.760. The highest BCUT2D eigenvalue weighted by atomic mass is 19.4. The van der Waals surface area contributed by atoms with Gasteiger partial charge < -0.3 is 5.32 Å². The fraction of sp³-hybridized carbons (Fsp3) is 0.857. The van der Waals surface area contributed by atoms with E-state index in [1.54, 1.807) is 6.07 Å². The van der Waals surface area contributed by atoms with Crippen molar-refractivity contribution in [3.63, 3.8) is 0 Å². The molecule has 0 amide bonds. The zero-order valence-corrected chi connectivity index (χ0v) is 6.36. The van der Waals surface area contributed by atoms with Gasteiger partial charge in [-0.1, -0.05) is 0 Å². The van der Waals surface area contributed by atoms with E-state index in [9.17, 15) is 13.2 Å². The molecule has 68 valence electrons. The molecule has 0 radical (unpaired) electrons. The van der Waals surface area contributed by atoms with Gasteiger partial charge in [0.25, 0.3) is 0 Å². The van der Waals surface area contributed by atoms with Gasteiger partial charge in [-0.15, -0.1) is 0 Å². The summed E-state index contributed by atoms with van der Waals surface area (Å²) in [6.07, 6.45) is -5.19. The Labute approximate surface area is 68.4 Å². The molecule has 0 aromatic carbocycles. The maximum Gasteiger partial charge on any atom is 0.390 e. The minimum Gasteiger partial charge on any atom is -0.316 e. The SMILES string of the molecule is N#CC(CC(F)(F)F)C1CNC1. The highest BCUT2D eigenvalue weighted by molar-refractivity contribution is 4.95. The Balaban J connectivity index is 2.41. The standard InChI is InChI=1S/C7H9F3N2/c8-7(9,10)1-5(2-11)6-3-12-4-6/h5-6,12H,1,3-4H2.